The van der Waals surface area contributed by atoms with E-state index < -0.39 is 6.10 Å². The first-order valence-electron chi connectivity index (χ1n) is 7.27. The van der Waals surface area contributed by atoms with Gasteiger partial charge in [-0.05, 0) is 25.5 Å². The molecular weight excluding hydrogens is 270 g/mol. The van der Waals surface area contributed by atoms with Gasteiger partial charge in [-0.3, -0.25) is 9.59 Å². The molecule has 1 amide bonds. The fourth-order valence-corrected chi connectivity index (χ4v) is 2.46. The lowest BCUT2D eigenvalue weighted by molar-refractivity contribution is -0.125. The number of carbonyl (C=O) groups excluding carboxylic acids is 2. The zero-order chi connectivity index (χ0) is 15.4. The molecule has 1 unspecified atom stereocenters. The molecule has 0 N–H and O–H groups in total. The molecule has 5 heteroatoms. The third-order valence-corrected chi connectivity index (χ3v) is 3.60. The molecule has 1 heterocycles. The summed E-state index contributed by atoms with van der Waals surface area (Å²) in [6, 6.07) is 3.30. The van der Waals surface area contributed by atoms with E-state index in [1.165, 1.54) is 7.11 Å². The van der Waals surface area contributed by atoms with Crippen molar-refractivity contribution < 1.29 is 19.1 Å². The molecule has 1 atom stereocenters. The first kappa shape index (κ1) is 15.4. The van der Waals surface area contributed by atoms with Crippen LogP contribution in [0.25, 0.3) is 0 Å². The molecule has 1 aromatic rings. The number of nitrogens with zero attached hydrogens (tertiary/aromatic N) is 1. The number of carbonyl (C=O) groups is 2. The maximum Gasteiger partial charge on any atom is 0.267 e. The van der Waals surface area contributed by atoms with Gasteiger partial charge < -0.3 is 14.4 Å². The Morgan fingerprint density at radius 2 is 2.14 bits per heavy atom. The Balaban J connectivity index is 2.43. The van der Waals surface area contributed by atoms with Crippen LogP contribution in [0.5, 0.6) is 11.5 Å². The van der Waals surface area contributed by atoms with E-state index in [0.717, 1.165) is 25.5 Å². The van der Waals surface area contributed by atoms with Crippen LogP contribution >= 0.6 is 0 Å². The molecule has 0 saturated heterocycles. The summed E-state index contributed by atoms with van der Waals surface area (Å²) in [5, 5.41) is 0. The van der Waals surface area contributed by atoms with Gasteiger partial charge >= 0.3 is 0 Å². The number of benzene rings is 1. The number of hydrogen-bond donors (Lipinski definition) is 0. The maximum atomic E-state index is 12.4. The lowest BCUT2D eigenvalue weighted by Crippen LogP contribution is -2.45. The van der Waals surface area contributed by atoms with Gasteiger partial charge in [0.2, 0.25) is 0 Å². The predicted octanol–water partition coefficient (Wildman–Crippen LogP) is 2.81. The number of amides is 1. The quantitative estimate of drug-likeness (QED) is 0.597. The second kappa shape index (κ2) is 6.61. The average molecular weight is 291 g/mol. The molecule has 0 aromatic heterocycles. The molecule has 114 valence electrons. The third-order valence-electron chi connectivity index (χ3n) is 3.60. The zero-order valence-electron chi connectivity index (χ0n) is 12.7. The Bertz CT molecular complexity index is 541. The van der Waals surface area contributed by atoms with Gasteiger partial charge in [0.05, 0.1) is 12.8 Å². The van der Waals surface area contributed by atoms with Crippen molar-refractivity contribution in [3.05, 3.63) is 17.7 Å². The van der Waals surface area contributed by atoms with Crippen LogP contribution in [-0.4, -0.2) is 32.0 Å². The van der Waals surface area contributed by atoms with Crippen LogP contribution in [0.4, 0.5) is 5.69 Å². The molecule has 0 saturated carbocycles. The molecule has 0 aliphatic carbocycles. The van der Waals surface area contributed by atoms with Gasteiger partial charge in [0.25, 0.3) is 5.91 Å². The highest BCUT2D eigenvalue weighted by Gasteiger charge is 2.33. The van der Waals surface area contributed by atoms with Crippen molar-refractivity contribution in [1.82, 2.24) is 0 Å². The van der Waals surface area contributed by atoms with Crippen molar-refractivity contribution in [2.24, 2.45) is 0 Å². The molecule has 5 nitrogen and oxygen atoms in total. The fraction of sp³-hybridized carbons (Fsp3) is 0.500. The monoisotopic (exact) mass is 291 g/mol. The minimum Gasteiger partial charge on any atom is -0.493 e. The minimum atomic E-state index is -0.546. The molecular formula is C16H21NO4. The number of fused-ring (bicyclic) bond motifs is 1. The van der Waals surface area contributed by atoms with Crippen molar-refractivity contribution in [2.75, 3.05) is 18.6 Å². The predicted molar refractivity (Wildman–Crippen MR) is 80.3 cm³/mol. The molecule has 0 radical (unpaired) electrons. The molecule has 2 rings (SSSR count). The number of hydrogen-bond acceptors (Lipinski definition) is 4. The van der Waals surface area contributed by atoms with Gasteiger partial charge in [-0.25, -0.2) is 0 Å². The molecule has 0 fully saturated rings. The van der Waals surface area contributed by atoms with E-state index in [9.17, 15) is 9.59 Å². The van der Waals surface area contributed by atoms with E-state index in [-0.39, 0.29) is 5.91 Å². The standard InChI is InChI=1S/C16H21NO4/c1-4-5-6-7-17-13-8-12(10-18)9-14(20-3)15(13)21-11(2)16(17)19/h8-11H,4-7H2,1-3H3. The Kier molecular flexibility index (Phi) is 4.83. The number of unbranched alkanes of at least 4 members (excludes halogenated alkanes) is 2. The average Bonchev–Trinajstić information content (AvgIpc) is 2.50. The lowest BCUT2D eigenvalue weighted by Gasteiger charge is -2.34. The summed E-state index contributed by atoms with van der Waals surface area (Å²) in [5.74, 6) is 0.935. The lowest BCUT2D eigenvalue weighted by atomic mass is 10.1. The summed E-state index contributed by atoms with van der Waals surface area (Å²) < 4.78 is 11.0. The summed E-state index contributed by atoms with van der Waals surface area (Å²) in [6.45, 7) is 4.47. The van der Waals surface area contributed by atoms with E-state index in [0.29, 0.717) is 29.3 Å². The van der Waals surface area contributed by atoms with Gasteiger partial charge in [0.15, 0.2) is 17.6 Å². The van der Waals surface area contributed by atoms with Crippen molar-refractivity contribution in [3.8, 4) is 11.5 Å². The summed E-state index contributed by atoms with van der Waals surface area (Å²) in [6.07, 6.45) is 3.25. The molecule has 21 heavy (non-hydrogen) atoms. The van der Waals surface area contributed by atoms with Gasteiger partial charge in [0.1, 0.15) is 6.29 Å². The largest absolute Gasteiger partial charge is 0.493 e. The van der Waals surface area contributed by atoms with E-state index >= 15 is 0 Å². The Hall–Kier alpha value is -2.04. The van der Waals surface area contributed by atoms with Crippen molar-refractivity contribution >= 4 is 17.9 Å². The number of rotatable bonds is 6. The van der Waals surface area contributed by atoms with Crippen LogP contribution in [0, 0.1) is 0 Å². The van der Waals surface area contributed by atoms with Crippen molar-refractivity contribution in [1.29, 1.82) is 0 Å². The highest BCUT2D eigenvalue weighted by Crippen LogP contribution is 2.42. The van der Waals surface area contributed by atoms with Gasteiger partial charge in [-0.2, -0.15) is 0 Å². The van der Waals surface area contributed by atoms with Gasteiger partial charge in [0, 0.05) is 12.1 Å². The first-order valence-corrected chi connectivity index (χ1v) is 7.27. The number of aldehydes is 1. The van der Waals surface area contributed by atoms with Crippen LogP contribution in [0.1, 0.15) is 43.5 Å². The summed E-state index contributed by atoms with van der Waals surface area (Å²) in [4.78, 5) is 25.1. The summed E-state index contributed by atoms with van der Waals surface area (Å²) in [7, 11) is 1.52. The number of anilines is 1. The van der Waals surface area contributed by atoms with Crippen LogP contribution in [-0.2, 0) is 4.79 Å². The zero-order valence-corrected chi connectivity index (χ0v) is 12.7. The van der Waals surface area contributed by atoms with Crippen LogP contribution < -0.4 is 14.4 Å². The topological polar surface area (TPSA) is 55.8 Å². The Morgan fingerprint density at radius 3 is 2.76 bits per heavy atom. The van der Waals surface area contributed by atoms with Crippen LogP contribution in [0.15, 0.2) is 12.1 Å². The smallest absolute Gasteiger partial charge is 0.267 e. The molecule has 0 spiro atoms. The van der Waals surface area contributed by atoms with Crippen molar-refractivity contribution in [2.45, 2.75) is 39.2 Å². The highest BCUT2D eigenvalue weighted by atomic mass is 16.5. The fourth-order valence-electron chi connectivity index (χ4n) is 2.46. The second-order valence-corrected chi connectivity index (χ2v) is 5.15. The van der Waals surface area contributed by atoms with E-state index in [4.69, 9.17) is 9.47 Å². The van der Waals surface area contributed by atoms with Crippen molar-refractivity contribution in [3.63, 3.8) is 0 Å². The third kappa shape index (κ3) is 3.01. The van der Waals surface area contributed by atoms with Crippen LogP contribution in [0.2, 0.25) is 0 Å². The van der Waals surface area contributed by atoms with E-state index in [1.807, 2.05) is 0 Å². The Morgan fingerprint density at radius 1 is 1.38 bits per heavy atom. The normalized spacial score (nSPS) is 17.2. The SMILES string of the molecule is CCCCCN1C(=O)C(C)Oc2c(OC)cc(C=O)cc21. The molecule has 0 bridgehead atoms. The maximum absolute atomic E-state index is 12.4. The second-order valence-electron chi connectivity index (χ2n) is 5.15. The number of ether oxygens (including phenoxy) is 2. The van der Waals surface area contributed by atoms with Gasteiger partial charge in [-0.15, -0.1) is 0 Å². The molecule has 1 aromatic carbocycles. The summed E-state index contributed by atoms with van der Waals surface area (Å²) in [5.41, 5.74) is 1.09. The van der Waals surface area contributed by atoms with Gasteiger partial charge in [-0.1, -0.05) is 19.8 Å². The number of methoxy groups -OCH3 is 1. The van der Waals surface area contributed by atoms with Crippen LogP contribution in [0.3, 0.4) is 0 Å². The molecule has 1 aliphatic rings. The molecule has 1 aliphatic heterocycles. The highest BCUT2D eigenvalue weighted by molar-refractivity contribution is 6.01. The first-order chi connectivity index (χ1) is 10.1. The van der Waals surface area contributed by atoms with E-state index in [2.05, 4.69) is 6.92 Å². The summed E-state index contributed by atoms with van der Waals surface area (Å²) >= 11 is 0. The minimum absolute atomic E-state index is 0.0799. The Labute approximate surface area is 124 Å². The van der Waals surface area contributed by atoms with E-state index in [1.54, 1.807) is 24.0 Å².